The van der Waals surface area contributed by atoms with Gasteiger partial charge in [-0.2, -0.15) is 5.10 Å². The highest BCUT2D eigenvalue weighted by Gasteiger charge is 2.43. The number of carbonyl (C=O) groups excluding carboxylic acids is 1. The van der Waals surface area contributed by atoms with Crippen molar-refractivity contribution in [2.75, 3.05) is 0 Å². The third-order valence-corrected chi connectivity index (χ3v) is 6.19. The molecular weight excluding hydrogens is 329 g/mol. The van der Waals surface area contributed by atoms with Gasteiger partial charge in [-0.15, -0.1) is 0 Å². The average molecular weight is 355 g/mol. The minimum Gasteiger partial charge on any atom is -0.337 e. The lowest BCUT2D eigenvalue weighted by Crippen LogP contribution is -2.46. The molecular formula is C21H26FN3O. The number of aryl methyl sites for hydroxylation is 3. The zero-order valence-corrected chi connectivity index (χ0v) is 15.5. The topological polar surface area (TPSA) is 38.1 Å². The van der Waals surface area contributed by atoms with Crippen molar-refractivity contribution in [1.82, 2.24) is 14.7 Å². The molecule has 2 aliphatic heterocycles. The molecule has 4 nitrogen and oxygen atoms in total. The maximum Gasteiger partial charge on any atom is 0.223 e. The molecule has 1 unspecified atom stereocenters. The SMILES string of the molecule is Cc1cc(C2C[C@H]3CC[C@@H](C2)N3C(=O)CCc2ccnn2C)ccc1F. The van der Waals surface area contributed by atoms with Crippen LogP contribution >= 0.6 is 0 Å². The number of nitrogens with zero attached hydrogens (tertiary/aromatic N) is 3. The van der Waals surface area contributed by atoms with E-state index in [0.717, 1.165) is 37.8 Å². The van der Waals surface area contributed by atoms with E-state index in [4.69, 9.17) is 0 Å². The van der Waals surface area contributed by atoms with E-state index in [2.05, 4.69) is 10.00 Å². The minimum atomic E-state index is -0.139. The summed E-state index contributed by atoms with van der Waals surface area (Å²) >= 11 is 0. The quantitative estimate of drug-likeness (QED) is 0.838. The van der Waals surface area contributed by atoms with Crippen LogP contribution < -0.4 is 0 Å². The Morgan fingerprint density at radius 3 is 2.58 bits per heavy atom. The molecule has 2 aromatic rings. The molecule has 0 aliphatic carbocycles. The molecule has 26 heavy (non-hydrogen) atoms. The smallest absolute Gasteiger partial charge is 0.223 e. The molecule has 4 rings (SSSR count). The second-order valence-corrected chi connectivity index (χ2v) is 7.81. The Kier molecular flexibility index (Phi) is 4.55. The highest BCUT2D eigenvalue weighted by atomic mass is 19.1. The molecule has 2 saturated heterocycles. The average Bonchev–Trinajstić information content (AvgIpc) is 3.15. The van der Waals surface area contributed by atoms with Crippen molar-refractivity contribution in [3.63, 3.8) is 0 Å². The van der Waals surface area contributed by atoms with Gasteiger partial charge in [0.25, 0.3) is 0 Å². The van der Waals surface area contributed by atoms with Gasteiger partial charge in [0.15, 0.2) is 0 Å². The molecule has 0 saturated carbocycles. The monoisotopic (exact) mass is 355 g/mol. The fraction of sp³-hybridized carbons (Fsp3) is 0.524. The van der Waals surface area contributed by atoms with Crippen molar-refractivity contribution in [3.05, 3.63) is 53.1 Å². The van der Waals surface area contributed by atoms with E-state index in [9.17, 15) is 9.18 Å². The van der Waals surface area contributed by atoms with Crippen molar-refractivity contribution < 1.29 is 9.18 Å². The first kappa shape index (κ1) is 17.3. The van der Waals surface area contributed by atoms with Gasteiger partial charge >= 0.3 is 0 Å². The van der Waals surface area contributed by atoms with Gasteiger partial charge in [-0.25, -0.2) is 4.39 Å². The highest BCUT2D eigenvalue weighted by Crippen LogP contribution is 2.43. The number of carbonyl (C=O) groups is 1. The van der Waals surface area contributed by atoms with Gasteiger partial charge in [-0.05, 0) is 68.2 Å². The molecule has 1 aromatic heterocycles. The van der Waals surface area contributed by atoms with Gasteiger partial charge in [0, 0.05) is 37.4 Å². The lowest BCUT2D eigenvalue weighted by molar-refractivity contribution is -0.135. The van der Waals surface area contributed by atoms with E-state index in [1.165, 1.54) is 5.56 Å². The summed E-state index contributed by atoms with van der Waals surface area (Å²) in [5.74, 6) is 0.569. The highest BCUT2D eigenvalue weighted by molar-refractivity contribution is 5.77. The lowest BCUT2D eigenvalue weighted by Gasteiger charge is -2.39. The summed E-state index contributed by atoms with van der Waals surface area (Å²) in [5.41, 5.74) is 3.04. The molecule has 0 spiro atoms. The van der Waals surface area contributed by atoms with E-state index >= 15 is 0 Å². The van der Waals surface area contributed by atoms with Crippen LogP contribution in [0.25, 0.3) is 0 Å². The molecule has 138 valence electrons. The first-order valence-corrected chi connectivity index (χ1v) is 9.57. The first-order valence-electron chi connectivity index (χ1n) is 9.57. The summed E-state index contributed by atoms with van der Waals surface area (Å²) in [6.45, 7) is 1.82. The fourth-order valence-corrected chi connectivity index (χ4v) is 4.79. The summed E-state index contributed by atoms with van der Waals surface area (Å²) in [7, 11) is 1.92. The maximum absolute atomic E-state index is 13.6. The molecule has 0 N–H and O–H groups in total. The summed E-state index contributed by atoms with van der Waals surface area (Å²) in [4.78, 5) is 15.0. The number of fused-ring (bicyclic) bond motifs is 2. The number of hydrogen-bond donors (Lipinski definition) is 0. The van der Waals surface area contributed by atoms with Crippen molar-refractivity contribution in [2.24, 2.45) is 7.05 Å². The van der Waals surface area contributed by atoms with Gasteiger partial charge in [0.1, 0.15) is 5.82 Å². The van der Waals surface area contributed by atoms with Crippen LogP contribution in [0, 0.1) is 12.7 Å². The fourth-order valence-electron chi connectivity index (χ4n) is 4.79. The van der Waals surface area contributed by atoms with Crippen LogP contribution in [0.3, 0.4) is 0 Å². The third kappa shape index (κ3) is 3.15. The Bertz CT molecular complexity index is 801. The van der Waals surface area contributed by atoms with Crippen molar-refractivity contribution >= 4 is 5.91 Å². The third-order valence-electron chi connectivity index (χ3n) is 6.19. The zero-order valence-electron chi connectivity index (χ0n) is 15.5. The van der Waals surface area contributed by atoms with Crippen LogP contribution in [0.4, 0.5) is 4.39 Å². The molecule has 2 fully saturated rings. The Hall–Kier alpha value is -2.17. The second-order valence-electron chi connectivity index (χ2n) is 7.81. The van der Waals surface area contributed by atoms with Gasteiger partial charge in [-0.3, -0.25) is 9.48 Å². The van der Waals surface area contributed by atoms with Crippen LogP contribution in [-0.4, -0.2) is 32.7 Å². The van der Waals surface area contributed by atoms with Crippen LogP contribution in [0.1, 0.15) is 54.8 Å². The number of aromatic nitrogens is 2. The molecule has 3 heterocycles. The van der Waals surface area contributed by atoms with Gasteiger partial charge in [-0.1, -0.05) is 12.1 Å². The predicted octanol–water partition coefficient (Wildman–Crippen LogP) is 3.74. The molecule has 2 bridgehead atoms. The van der Waals surface area contributed by atoms with E-state index < -0.39 is 0 Å². The molecule has 1 amide bonds. The Morgan fingerprint density at radius 2 is 1.96 bits per heavy atom. The summed E-state index contributed by atoms with van der Waals surface area (Å²) in [6.07, 6.45) is 7.26. The van der Waals surface area contributed by atoms with Gasteiger partial charge in [0.05, 0.1) is 0 Å². The first-order chi connectivity index (χ1) is 12.5. The van der Waals surface area contributed by atoms with Crippen LogP contribution in [0.2, 0.25) is 0 Å². The summed E-state index contributed by atoms with van der Waals surface area (Å²) in [6, 6.07) is 8.14. The Labute approximate surface area is 154 Å². The number of halogens is 1. The number of hydrogen-bond acceptors (Lipinski definition) is 2. The molecule has 3 atom stereocenters. The van der Waals surface area contributed by atoms with Crippen molar-refractivity contribution in [3.8, 4) is 0 Å². The number of piperidine rings is 1. The van der Waals surface area contributed by atoms with Gasteiger partial charge in [0.2, 0.25) is 5.91 Å². The van der Waals surface area contributed by atoms with Crippen molar-refractivity contribution in [1.29, 1.82) is 0 Å². The lowest BCUT2D eigenvalue weighted by atomic mass is 9.84. The second kappa shape index (κ2) is 6.86. The van der Waals surface area contributed by atoms with E-state index in [1.807, 2.05) is 36.9 Å². The van der Waals surface area contributed by atoms with E-state index in [-0.39, 0.29) is 11.7 Å². The maximum atomic E-state index is 13.6. The Morgan fingerprint density at radius 1 is 1.23 bits per heavy atom. The summed E-state index contributed by atoms with van der Waals surface area (Å²) in [5, 5.41) is 4.17. The van der Waals surface area contributed by atoms with Crippen molar-refractivity contribution in [2.45, 2.75) is 63.5 Å². The molecule has 5 heteroatoms. The predicted molar refractivity (Wildman–Crippen MR) is 98.3 cm³/mol. The zero-order chi connectivity index (χ0) is 18.3. The minimum absolute atomic E-state index is 0.139. The normalized spacial score (nSPS) is 24.9. The van der Waals surface area contributed by atoms with Crippen LogP contribution in [-0.2, 0) is 18.3 Å². The molecule has 2 aliphatic rings. The van der Waals surface area contributed by atoms with Crippen LogP contribution in [0.5, 0.6) is 0 Å². The molecule has 0 radical (unpaired) electrons. The van der Waals surface area contributed by atoms with E-state index in [1.54, 1.807) is 12.3 Å². The van der Waals surface area contributed by atoms with Gasteiger partial charge < -0.3 is 4.90 Å². The largest absolute Gasteiger partial charge is 0.337 e. The standard InChI is InChI=1S/C21H26FN3O/c1-14-11-15(3-7-20(14)22)16-12-18-4-5-19(13-16)25(18)21(26)8-6-17-9-10-23-24(17)2/h3,7,9-11,16,18-19H,4-6,8,12-13H2,1-2H3/t16?,18-,19+. The van der Waals surface area contributed by atoms with E-state index in [0.29, 0.717) is 30.0 Å². The van der Waals surface area contributed by atoms with Crippen LogP contribution in [0.15, 0.2) is 30.5 Å². The Balaban J connectivity index is 1.42. The number of amides is 1. The number of rotatable bonds is 4. The summed E-state index contributed by atoms with van der Waals surface area (Å²) < 4.78 is 15.4. The molecule has 1 aromatic carbocycles. The number of benzene rings is 1.